The Kier molecular flexibility index (Phi) is 18.1. The number of unbranched alkanes of at least 4 members (excludes halogenated alkanes) is 7. The van der Waals surface area contributed by atoms with Gasteiger partial charge in [0, 0.05) is 18.4 Å². The summed E-state index contributed by atoms with van der Waals surface area (Å²) in [6, 6.07) is 6.14. The van der Waals surface area contributed by atoms with Gasteiger partial charge in [0.05, 0.1) is 26.9 Å². The number of allylic oxidation sites excluding steroid dienone is 1. The molecule has 1 aliphatic rings. The summed E-state index contributed by atoms with van der Waals surface area (Å²) in [5, 5.41) is 11.1. The maximum absolute atomic E-state index is 13.8. The molecule has 46 heavy (non-hydrogen) atoms. The molecule has 0 bridgehead atoms. The molecule has 4 unspecified atom stereocenters. The van der Waals surface area contributed by atoms with E-state index in [1.165, 1.54) is 26.4 Å². The maximum Gasteiger partial charge on any atom is 0.326 e. The zero-order chi connectivity index (χ0) is 34.0. The van der Waals surface area contributed by atoms with Crippen LogP contribution in [0.5, 0.6) is 0 Å². The van der Waals surface area contributed by atoms with Gasteiger partial charge < -0.3 is 19.3 Å². The fourth-order valence-corrected chi connectivity index (χ4v) is 6.85. The van der Waals surface area contributed by atoms with Gasteiger partial charge in [0.25, 0.3) is 0 Å². The highest BCUT2D eigenvalue weighted by Crippen LogP contribution is 2.49. The monoisotopic (exact) mass is 647 g/mol. The Bertz CT molecular complexity index is 1080. The van der Waals surface area contributed by atoms with E-state index < -0.39 is 29.7 Å². The average molecular weight is 648 g/mol. The molecule has 0 spiro atoms. The van der Waals surface area contributed by atoms with Crippen molar-refractivity contribution in [1.29, 1.82) is 0 Å². The van der Waals surface area contributed by atoms with Crippen LogP contribution in [0.1, 0.15) is 129 Å². The topological polar surface area (TPSA) is 102 Å². The van der Waals surface area contributed by atoms with Crippen molar-refractivity contribution in [2.75, 3.05) is 20.8 Å². The Hall–Kier alpha value is -2.78. The molecule has 1 aromatic rings. The molecule has 9 heteroatoms. The lowest BCUT2D eigenvalue weighted by molar-refractivity contribution is -0.164. The van der Waals surface area contributed by atoms with Crippen LogP contribution in [0, 0.1) is 5.82 Å². The molecule has 1 aliphatic heterocycles. The van der Waals surface area contributed by atoms with Gasteiger partial charge in [0.1, 0.15) is 17.5 Å². The standard InChI is InChI=1S/C37H58FNO7/c1-6-9-16-20-33(32(40)19-17-14-12-10-11-13-15-18-21-34(41)44-4)46-35(42)27-39-30(7-2)26-31(28-22-24-29(38)25-23-28)37(39,8-3)36(43)45-5/h14,17,22-25,30-33,40H,6-13,15-16,18-21,26-27H2,1-5H3/b17-14-/t30?,31-,32?,33?,37?/m1/s1. The Morgan fingerprint density at radius 1 is 0.957 bits per heavy atom. The van der Waals surface area contributed by atoms with Crippen molar-refractivity contribution in [3.05, 3.63) is 47.8 Å². The molecular weight excluding hydrogens is 589 g/mol. The van der Waals surface area contributed by atoms with E-state index in [2.05, 4.69) is 17.7 Å². The quantitative estimate of drug-likeness (QED) is 0.0601. The zero-order valence-corrected chi connectivity index (χ0v) is 28.8. The minimum Gasteiger partial charge on any atom is -0.469 e. The molecule has 0 amide bonds. The third-order valence-electron chi connectivity index (χ3n) is 9.49. The second kappa shape index (κ2) is 21.2. The summed E-state index contributed by atoms with van der Waals surface area (Å²) in [5.74, 6) is -1.68. The summed E-state index contributed by atoms with van der Waals surface area (Å²) in [6.07, 6.45) is 14.5. The molecule has 1 saturated heterocycles. The SMILES string of the molecule is CCCCCC(OC(=O)CN1C(CC)C[C@H](c2ccc(F)cc2)C1(CC)C(=O)OC)C(O)C/C=C\CCCCCCCC(=O)OC. The number of aliphatic hydroxyl groups is 1. The first kappa shape index (κ1) is 39.4. The van der Waals surface area contributed by atoms with E-state index in [1.807, 2.05) is 24.8 Å². The summed E-state index contributed by atoms with van der Waals surface area (Å²) in [7, 11) is 2.77. The third-order valence-corrected chi connectivity index (χ3v) is 9.49. The number of benzene rings is 1. The molecule has 5 atom stereocenters. The lowest BCUT2D eigenvalue weighted by Gasteiger charge is -2.40. The summed E-state index contributed by atoms with van der Waals surface area (Å²) in [4.78, 5) is 40.2. The lowest BCUT2D eigenvalue weighted by Crippen LogP contribution is -2.57. The number of hydrogen-bond acceptors (Lipinski definition) is 8. The number of esters is 3. The van der Waals surface area contributed by atoms with E-state index >= 15 is 0 Å². The van der Waals surface area contributed by atoms with Crippen molar-refractivity contribution < 1.29 is 38.1 Å². The summed E-state index contributed by atoms with van der Waals surface area (Å²) >= 11 is 0. The highest BCUT2D eigenvalue weighted by atomic mass is 19.1. The number of aliphatic hydroxyl groups excluding tert-OH is 1. The van der Waals surface area contributed by atoms with E-state index in [4.69, 9.17) is 9.47 Å². The molecule has 2 rings (SSSR count). The second-order valence-electron chi connectivity index (χ2n) is 12.5. The number of hydrogen-bond donors (Lipinski definition) is 1. The molecule has 8 nitrogen and oxygen atoms in total. The number of carbonyl (C=O) groups is 3. The summed E-state index contributed by atoms with van der Waals surface area (Å²) < 4.78 is 29.8. The molecule has 1 heterocycles. The van der Waals surface area contributed by atoms with E-state index in [0.717, 1.165) is 63.4 Å². The highest BCUT2D eigenvalue weighted by molar-refractivity contribution is 5.84. The van der Waals surface area contributed by atoms with Crippen LogP contribution in [0.25, 0.3) is 0 Å². The first-order valence-corrected chi connectivity index (χ1v) is 17.4. The van der Waals surface area contributed by atoms with Gasteiger partial charge in [-0.05, 0) is 75.5 Å². The largest absolute Gasteiger partial charge is 0.469 e. The molecule has 1 N–H and O–H groups in total. The second-order valence-corrected chi connectivity index (χ2v) is 12.5. The first-order valence-electron chi connectivity index (χ1n) is 17.4. The molecule has 0 aliphatic carbocycles. The van der Waals surface area contributed by atoms with Crippen molar-refractivity contribution in [2.45, 2.75) is 147 Å². The number of likely N-dealkylation sites (tertiary alicyclic amines) is 1. The lowest BCUT2D eigenvalue weighted by atomic mass is 9.77. The number of carbonyl (C=O) groups excluding carboxylic acids is 3. The van der Waals surface area contributed by atoms with E-state index in [9.17, 15) is 23.9 Å². The van der Waals surface area contributed by atoms with Gasteiger partial charge in [-0.3, -0.25) is 19.3 Å². The van der Waals surface area contributed by atoms with E-state index in [0.29, 0.717) is 38.5 Å². The molecule has 0 saturated carbocycles. The maximum atomic E-state index is 13.8. The van der Waals surface area contributed by atoms with Gasteiger partial charge in [0.2, 0.25) is 0 Å². The fraction of sp³-hybridized carbons (Fsp3) is 0.703. The zero-order valence-electron chi connectivity index (χ0n) is 28.8. The van der Waals surface area contributed by atoms with Gasteiger partial charge in [-0.25, -0.2) is 4.39 Å². The summed E-state index contributed by atoms with van der Waals surface area (Å²) in [5.41, 5.74) is -0.270. The van der Waals surface area contributed by atoms with Crippen LogP contribution in [-0.4, -0.2) is 72.5 Å². The normalized spacial score (nSPS) is 21.3. The van der Waals surface area contributed by atoms with Gasteiger partial charge >= 0.3 is 17.9 Å². The van der Waals surface area contributed by atoms with E-state index in [-0.39, 0.29) is 30.3 Å². The number of rotatable bonds is 22. The van der Waals surface area contributed by atoms with Crippen molar-refractivity contribution in [3.63, 3.8) is 0 Å². The Labute approximate surface area is 276 Å². The Morgan fingerprint density at radius 3 is 2.28 bits per heavy atom. The van der Waals surface area contributed by atoms with Crippen molar-refractivity contribution in [3.8, 4) is 0 Å². The average Bonchev–Trinajstić information content (AvgIpc) is 3.38. The van der Waals surface area contributed by atoms with Crippen molar-refractivity contribution in [1.82, 2.24) is 4.90 Å². The van der Waals surface area contributed by atoms with Gasteiger partial charge in [-0.15, -0.1) is 0 Å². The van der Waals surface area contributed by atoms with Gasteiger partial charge in [-0.1, -0.05) is 77.2 Å². The van der Waals surface area contributed by atoms with Gasteiger partial charge in [0.15, 0.2) is 0 Å². The predicted octanol–water partition coefficient (Wildman–Crippen LogP) is 7.42. The van der Waals surface area contributed by atoms with Crippen LogP contribution >= 0.6 is 0 Å². The highest BCUT2D eigenvalue weighted by Gasteiger charge is 2.58. The molecular formula is C37H58FNO7. The van der Waals surface area contributed by atoms with Crippen LogP contribution in [0.2, 0.25) is 0 Å². The van der Waals surface area contributed by atoms with Crippen LogP contribution in [0.4, 0.5) is 4.39 Å². The van der Waals surface area contributed by atoms with Gasteiger partial charge in [-0.2, -0.15) is 0 Å². The van der Waals surface area contributed by atoms with Crippen LogP contribution in [0.15, 0.2) is 36.4 Å². The number of ether oxygens (including phenoxy) is 3. The molecule has 1 aromatic carbocycles. The number of halogens is 1. The molecule has 0 aromatic heterocycles. The molecule has 1 fully saturated rings. The fourth-order valence-electron chi connectivity index (χ4n) is 6.85. The molecule has 0 radical (unpaired) electrons. The third kappa shape index (κ3) is 11.5. The van der Waals surface area contributed by atoms with Crippen molar-refractivity contribution >= 4 is 17.9 Å². The minimum atomic E-state index is -1.10. The molecule has 260 valence electrons. The first-order chi connectivity index (χ1) is 22.2. The smallest absolute Gasteiger partial charge is 0.326 e. The summed E-state index contributed by atoms with van der Waals surface area (Å²) in [6.45, 7) is 5.94. The van der Waals surface area contributed by atoms with Crippen LogP contribution in [0.3, 0.4) is 0 Å². The predicted molar refractivity (Wildman–Crippen MR) is 178 cm³/mol. The minimum absolute atomic E-state index is 0.0825. The number of nitrogens with zero attached hydrogens (tertiary/aromatic N) is 1. The number of methoxy groups -OCH3 is 2. The van der Waals surface area contributed by atoms with Crippen molar-refractivity contribution in [2.24, 2.45) is 0 Å². The van der Waals surface area contributed by atoms with Crippen LogP contribution < -0.4 is 0 Å². The van der Waals surface area contributed by atoms with Crippen LogP contribution in [-0.2, 0) is 28.6 Å². The Morgan fingerprint density at radius 2 is 1.65 bits per heavy atom. The van der Waals surface area contributed by atoms with E-state index in [1.54, 1.807) is 12.1 Å². The Balaban J connectivity index is 2.05.